The number of carbonyl (C=O) groups excluding carboxylic acids is 3. The Morgan fingerprint density at radius 3 is 2.32 bits per heavy atom. The monoisotopic (exact) mass is 427 g/mol. The summed E-state index contributed by atoms with van der Waals surface area (Å²) in [5.74, 6) is -2.96. The van der Waals surface area contributed by atoms with Crippen LogP contribution in [0.3, 0.4) is 0 Å². The first-order valence-corrected chi connectivity index (χ1v) is 9.32. The largest absolute Gasteiger partial charge is 0.478 e. The third-order valence-corrected chi connectivity index (χ3v) is 3.75. The van der Waals surface area contributed by atoms with Gasteiger partial charge >= 0.3 is 17.9 Å². The van der Waals surface area contributed by atoms with Crippen LogP contribution in [-0.2, 0) is 19.1 Å². The van der Waals surface area contributed by atoms with Crippen molar-refractivity contribution < 1.29 is 38.5 Å². The van der Waals surface area contributed by atoms with Gasteiger partial charge in [-0.15, -0.1) is 0 Å². The normalized spacial score (nSPS) is 10.4. The van der Waals surface area contributed by atoms with E-state index in [9.17, 15) is 24.3 Å². The molecule has 31 heavy (non-hydrogen) atoms. The van der Waals surface area contributed by atoms with E-state index >= 15 is 0 Å². The van der Waals surface area contributed by atoms with Crippen LogP contribution in [0.15, 0.2) is 54.6 Å². The van der Waals surface area contributed by atoms with Crippen LogP contribution in [0.1, 0.15) is 34.6 Å². The number of nitrogens with one attached hydrogen (secondary N) is 1. The Morgan fingerprint density at radius 2 is 1.65 bits per heavy atom. The summed E-state index contributed by atoms with van der Waals surface area (Å²) in [5.41, 5.74) is -0.102. The Labute approximate surface area is 178 Å². The van der Waals surface area contributed by atoms with Gasteiger partial charge in [0.05, 0.1) is 30.0 Å². The van der Waals surface area contributed by atoms with Crippen molar-refractivity contribution in [3.63, 3.8) is 0 Å². The maximum absolute atomic E-state index is 12.1. The van der Waals surface area contributed by atoms with Crippen LogP contribution < -0.4 is 10.1 Å². The molecule has 9 heteroatoms. The fourth-order valence-corrected chi connectivity index (χ4v) is 2.45. The molecule has 162 valence electrons. The number of aromatic carboxylic acids is 1. The summed E-state index contributed by atoms with van der Waals surface area (Å²) in [5, 5.41) is 12.0. The number of carbonyl (C=O) groups is 4. The number of rotatable bonds is 9. The van der Waals surface area contributed by atoms with Gasteiger partial charge in [-0.3, -0.25) is 4.79 Å². The number of hydrogen-bond donors (Lipinski definition) is 2. The van der Waals surface area contributed by atoms with E-state index in [0.29, 0.717) is 0 Å². The molecule has 0 aliphatic carbocycles. The van der Waals surface area contributed by atoms with Crippen LogP contribution in [-0.4, -0.2) is 42.1 Å². The van der Waals surface area contributed by atoms with E-state index in [-0.39, 0.29) is 41.5 Å². The summed E-state index contributed by atoms with van der Waals surface area (Å²) in [6.07, 6.45) is 2.01. The Hall–Kier alpha value is -4.14. The smallest absolute Gasteiger partial charge is 0.339 e. The van der Waals surface area contributed by atoms with Gasteiger partial charge in [0.1, 0.15) is 5.75 Å². The number of esters is 2. The fourth-order valence-electron chi connectivity index (χ4n) is 2.45. The van der Waals surface area contributed by atoms with E-state index in [1.54, 1.807) is 38.1 Å². The van der Waals surface area contributed by atoms with Gasteiger partial charge in [-0.05, 0) is 44.2 Å². The molecule has 0 unspecified atom stereocenters. The molecule has 1 amide bonds. The van der Waals surface area contributed by atoms with Gasteiger partial charge in [0.2, 0.25) is 5.91 Å². The zero-order chi connectivity index (χ0) is 22.8. The second kappa shape index (κ2) is 11.1. The van der Waals surface area contributed by atoms with Crippen LogP contribution in [0, 0.1) is 0 Å². The molecule has 2 aromatic carbocycles. The number of anilines is 1. The molecule has 0 saturated carbocycles. The SMILES string of the molecule is CCOC(=O)C=CC(=O)Nc1ccccc1Oc1ccc(C(=O)OCC)c(C(=O)O)c1. The molecule has 0 aliphatic heterocycles. The molecule has 0 heterocycles. The van der Waals surface area contributed by atoms with Gasteiger partial charge in [-0.2, -0.15) is 0 Å². The minimum atomic E-state index is -1.32. The summed E-state index contributed by atoms with van der Waals surface area (Å²) < 4.78 is 15.3. The number of ether oxygens (including phenoxy) is 3. The fraction of sp³-hybridized carbons (Fsp3) is 0.182. The van der Waals surface area contributed by atoms with Crippen LogP contribution in [0.2, 0.25) is 0 Å². The van der Waals surface area contributed by atoms with E-state index < -0.39 is 23.8 Å². The first kappa shape index (κ1) is 23.1. The summed E-state index contributed by atoms with van der Waals surface area (Å²) in [4.78, 5) is 46.9. The molecular formula is C22H21NO8. The first-order chi connectivity index (χ1) is 14.8. The first-order valence-electron chi connectivity index (χ1n) is 9.32. The lowest BCUT2D eigenvalue weighted by Crippen LogP contribution is -2.12. The second-order valence-corrected chi connectivity index (χ2v) is 5.91. The van der Waals surface area contributed by atoms with Crippen LogP contribution in [0.5, 0.6) is 11.5 Å². The quantitative estimate of drug-likeness (QED) is 0.460. The number of hydrogen-bond acceptors (Lipinski definition) is 7. The topological polar surface area (TPSA) is 128 Å². The standard InChI is InChI=1S/C22H21NO8/c1-3-29-20(25)12-11-19(24)23-17-7-5-6-8-18(17)31-14-9-10-15(22(28)30-4-2)16(13-14)21(26)27/h5-13H,3-4H2,1-2H3,(H,23,24)(H,26,27). The molecule has 2 rings (SSSR count). The number of para-hydroxylation sites is 2. The highest BCUT2D eigenvalue weighted by atomic mass is 16.5. The van der Waals surface area contributed by atoms with Gasteiger partial charge < -0.3 is 24.6 Å². The van der Waals surface area contributed by atoms with Crippen molar-refractivity contribution in [2.24, 2.45) is 0 Å². The highest BCUT2D eigenvalue weighted by Gasteiger charge is 2.19. The van der Waals surface area contributed by atoms with E-state index in [2.05, 4.69) is 5.32 Å². The Kier molecular flexibility index (Phi) is 8.32. The van der Waals surface area contributed by atoms with Crippen molar-refractivity contribution in [1.29, 1.82) is 0 Å². The average Bonchev–Trinajstić information content (AvgIpc) is 2.74. The Morgan fingerprint density at radius 1 is 0.935 bits per heavy atom. The molecule has 0 fully saturated rings. The van der Waals surface area contributed by atoms with Crippen LogP contribution in [0.25, 0.3) is 0 Å². The summed E-state index contributed by atoms with van der Waals surface area (Å²) >= 11 is 0. The summed E-state index contributed by atoms with van der Waals surface area (Å²) in [7, 11) is 0. The number of carboxylic acids is 1. The molecule has 0 aliphatic rings. The third-order valence-electron chi connectivity index (χ3n) is 3.75. The van der Waals surface area contributed by atoms with Crippen molar-refractivity contribution in [2.75, 3.05) is 18.5 Å². The third kappa shape index (κ3) is 6.70. The highest BCUT2D eigenvalue weighted by molar-refractivity contribution is 6.04. The van der Waals surface area contributed by atoms with Gasteiger partial charge in [0, 0.05) is 12.2 Å². The molecule has 9 nitrogen and oxygen atoms in total. The molecule has 0 radical (unpaired) electrons. The van der Waals surface area contributed by atoms with E-state index in [1.165, 1.54) is 18.2 Å². The van der Waals surface area contributed by atoms with Gasteiger partial charge in [-0.1, -0.05) is 12.1 Å². The van der Waals surface area contributed by atoms with Crippen molar-refractivity contribution in [3.8, 4) is 11.5 Å². The molecule has 2 N–H and O–H groups in total. The van der Waals surface area contributed by atoms with Gasteiger partial charge in [0.15, 0.2) is 5.75 Å². The van der Waals surface area contributed by atoms with Gasteiger partial charge in [0.25, 0.3) is 0 Å². The molecule has 2 aromatic rings. The van der Waals surface area contributed by atoms with E-state index in [0.717, 1.165) is 12.2 Å². The predicted octanol–water partition coefficient (Wildman–Crippen LogP) is 3.41. The van der Waals surface area contributed by atoms with Crippen molar-refractivity contribution >= 4 is 29.5 Å². The minimum absolute atomic E-state index is 0.104. The number of carboxylic acid groups (broad SMARTS) is 1. The van der Waals surface area contributed by atoms with Crippen molar-refractivity contribution in [3.05, 3.63) is 65.7 Å². The molecule has 0 aromatic heterocycles. The molecular weight excluding hydrogens is 406 g/mol. The Balaban J connectivity index is 2.23. The summed E-state index contributed by atoms with van der Waals surface area (Å²) in [6, 6.07) is 10.3. The number of benzene rings is 2. The average molecular weight is 427 g/mol. The Bertz CT molecular complexity index is 1010. The van der Waals surface area contributed by atoms with Crippen LogP contribution >= 0.6 is 0 Å². The summed E-state index contributed by atoms with van der Waals surface area (Å²) in [6.45, 7) is 3.56. The molecule has 0 saturated heterocycles. The van der Waals surface area contributed by atoms with Gasteiger partial charge in [-0.25, -0.2) is 14.4 Å². The molecule has 0 atom stereocenters. The van der Waals surface area contributed by atoms with E-state index in [4.69, 9.17) is 14.2 Å². The lowest BCUT2D eigenvalue weighted by molar-refractivity contribution is -0.137. The number of amides is 1. The zero-order valence-electron chi connectivity index (χ0n) is 16.9. The van der Waals surface area contributed by atoms with Crippen LogP contribution in [0.4, 0.5) is 5.69 Å². The van der Waals surface area contributed by atoms with E-state index in [1.807, 2.05) is 0 Å². The lowest BCUT2D eigenvalue weighted by atomic mass is 10.1. The maximum Gasteiger partial charge on any atom is 0.339 e. The molecule has 0 spiro atoms. The second-order valence-electron chi connectivity index (χ2n) is 5.91. The lowest BCUT2D eigenvalue weighted by Gasteiger charge is -2.13. The zero-order valence-corrected chi connectivity index (χ0v) is 16.9. The van der Waals surface area contributed by atoms with Crippen molar-refractivity contribution in [2.45, 2.75) is 13.8 Å². The maximum atomic E-state index is 12.1. The molecule has 0 bridgehead atoms. The minimum Gasteiger partial charge on any atom is -0.478 e. The predicted molar refractivity (Wildman–Crippen MR) is 110 cm³/mol. The van der Waals surface area contributed by atoms with Crippen molar-refractivity contribution in [1.82, 2.24) is 0 Å². The highest BCUT2D eigenvalue weighted by Crippen LogP contribution is 2.30.